The second-order valence-corrected chi connectivity index (χ2v) is 10.3. The molecule has 2 bridgehead atoms. The van der Waals surface area contributed by atoms with Crippen LogP contribution in [-0.2, 0) is 4.74 Å². The molecule has 2 aromatic heterocycles. The Hall–Kier alpha value is -3.76. The standard InChI is InChI=1S/C25H29F2N7O2/c1-14-8-15(2)34(31-14)22-11-21(29-23(30-22)28-16-6-7-19(26)20(27)9-16)32-12-18-10-17(32)13-33(18)24(35)36-25(3,4)5/h6-9,11,17-18H,10,12-13H2,1-5H3,(H,28,29,30)/t17-,18-/m1/s1. The van der Waals surface area contributed by atoms with E-state index in [4.69, 9.17) is 4.74 Å². The Bertz CT molecular complexity index is 1320. The minimum atomic E-state index is -0.964. The van der Waals surface area contributed by atoms with Gasteiger partial charge in [0.15, 0.2) is 17.5 Å². The molecule has 0 aliphatic carbocycles. The third kappa shape index (κ3) is 4.69. The van der Waals surface area contributed by atoms with Crippen LogP contribution in [0.1, 0.15) is 38.6 Å². The second kappa shape index (κ2) is 8.72. The number of fused-ring (bicyclic) bond motifs is 2. The van der Waals surface area contributed by atoms with Gasteiger partial charge in [-0.1, -0.05) is 0 Å². The van der Waals surface area contributed by atoms with Gasteiger partial charge in [0.05, 0.1) is 17.8 Å². The summed E-state index contributed by atoms with van der Waals surface area (Å²) in [4.78, 5) is 25.9. The quantitative estimate of drug-likeness (QED) is 0.568. The molecule has 2 aliphatic heterocycles. The third-order valence-corrected chi connectivity index (χ3v) is 6.26. The number of halogens is 2. The van der Waals surface area contributed by atoms with E-state index >= 15 is 0 Å². The fourth-order valence-corrected chi connectivity index (χ4v) is 4.79. The van der Waals surface area contributed by atoms with Gasteiger partial charge in [0.25, 0.3) is 0 Å². The number of piperazine rings is 1. The summed E-state index contributed by atoms with van der Waals surface area (Å²) in [6.07, 6.45) is 0.506. The molecule has 1 N–H and O–H groups in total. The summed E-state index contributed by atoms with van der Waals surface area (Å²) < 4.78 is 34.5. The number of amides is 1. The maximum absolute atomic E-state index is 13.8. The SMILES string of the molecule is Cc1cc(C)n(-c2cc(N3C[C@H]4C[C@@H]3CN4C(=O)OC(C)(C)C)nc(Nc3ccc(F)c(F)c3)n2)n1. The van der Waals surface area contributed by atoms with Crippen LogP contribution >= 0.6 is 0 Å². The Morgan fingerprint density at radius 1 is 1.03 bits per heavy atom. The zero-order valence-corrected chi connectivity index (χ0v) is 20.9. The van der Waals surface area contributed by atoms with Gasteiger partial charge in [0.2, 0.25) is 5.95 Å². The predicted molar refractivity (Wildman–Crippen MR) is 131 cm³/mol. The summed E-state index contributed by atoms with van der Waals surface area (Å²) in [7, 11) is 0. The highest BCUT2D eigenvalue weighted by molar-refractivity contribution is 5.70. The molecule has 1 aromatic carbocycles. The van der Waals surface area contributed by atoms with Crippen molar-refractivity contribution in [3.05, 3.63) is 53.4 Å². The van der Waals surface area contributed by atoms with Crippen LogP contribution in [0, 0.1) is 25.5 Å². The molecule has 5 rings (SSSR count). The molecule has 0 saturated carbocycles. The lowest BCUT2D eigenvalue weighted by atomic mass is 10.2. The summed E-state index contributed by atoms with van der Waals surface area (Å²) in [6.45, 7) is 10.5. The first kappa shape index (κ1) is 24.0. The number of carbonyl (C=O) groups is 1. The van der Waals surface area contributed by atoms with Crippen LogP contribution in [0.3, 0.4) is 0 Å². The van der Waals surface area contributed by atoms with Gasteiger partial charge in [-0.15, -0.1) is 0 Å². The number of aromatic nitrogens is 4. The number of likely N-dealkylation sites (tertiary alicyclic amines) is 1. The van der Waals surface area contributed by atoms with Gasteiger partial charge in [0.1, 0.15) is 11.4 Å². The number of carbonyl (C=O) groups excluding carboxylic acids is 1. The molecule has 2 saturated heterocycles. The number of nitrogens with zero attached hydrogens (tertiary/aromatic N) is 6. The largest absolute Gasteiger partial charge is 0.444 e. The summed E-state index contributed by atoms with van der Waals surface area (Å²) in [5, 5.41) is 7.53. The predicted octanol–water partition coefficient (Wildman–Crippen LogP) is 4.50. The summed E-state index contributed by atoms with van der Waals surface area (Å²) in [5.74, 6) is -0.459. The normalized spacial score (nSPS) is 19.2. The Morgan fingerprint density at radius 3 is 2.39 bits per heavy atom. The van der Waals surface area contributed by atoms with Crippen molar-refractivity contribution < 1.29 is 18.3 Å². The van der Waals surface area contributed by atoms with Gasteiger partial charge in [-0.3, -0.25) is 0 Å². The van der Waals surface area contributed by atoms with Crippen molar-refractivity contribution in [2.75, 3.05) is 23.3 Å². The van der Waals surface area contributed by atoms with Crippen molar-refractivity contribution in [2.45, 2.75) is 58.7 Å². The fourth-order valence-electron chi connectivity index (χ4n) is 4.79. The first-order chi connectivity index (χ1) is 17.0. The van der Waals surface area contributed by atoms with Gasteiger partial charge in [0, 0.05) is 36.6 Å². The summed E-state index contributed by atoms with van der Waals surface area (Å²) in [5.41, 5.74) is 1.51. The average Bonchev–Trinajstić information content (AvgIpc) is 3.49. The first-order valence-electron chi connectivity index (χ1n) is 11.9. The van der Waals surface area contributed by atoms with Crippen LogP contribution in [-0.4, -0.2) is 61.5 Å². The molecule has 2 atom stereocenters. The molecule has 190 valence electrons. The number of benzene rings is 1. The van der Waals surface area contributed by atoms with Crippen molar-refractivity contribution in [1.29, 1.82) is 0 Å². The number of ether oxygens (including phenoxy) is 1. The number of hydrogen-bond donors (Lipinski definition) is 1. The van der Waals surface area contributed by atoms with Crippen LogP contribution in [0.2, 0.25) is 0 Å². The molecule has 0 unspecified atom stereocenters. The van der Waals surface area contributed by atoms with E-state index in [1.807, 2.05) is 46.8 Å². The zero-order chi connectivity index (χ0) is 25.8. The lowest BCUT2D eigenvalue weighted by Gasteiger charge is -2.35. The molecule has 1 amide bonds. The van der Waals surface area contributed by atoms with Crippen LogP contribution in [0.15, 0.2) is 30.3 Å². The first-order valence-corrected chi connectivity index (χ1v) is 11.9. The topological polar surface area (TPSA) is 88.4 Å². The minimum Gasteiger partial charge on any atom is -0.444 e. The number of rotatable bonds is 4. The monoisotopic (exact) mass is 497 g/mol. The van der Waals surface area contributed by atoms with Gasteiger partial charge < -0.3 is 19.9 Å². The number of anilines is 3. The lowest BCUT2D eigenvalue weighted by Crippen LogP contribution is -2.50. The molecule has 3 aromatic rings. The molecular formula is C25H29F2N7O2. The highest BCUT2D eigenvalue weighted by Gasteiger charge is 2.47. The van der Waals surface area contributed by atoms with Crippen molar-refractivity contribution >= 4 is 23.5 Å². The van der Waals surface area contributed by atoms with Crippen molar-refractivity contribution in [1.82, 2.24) is 24.6 Å². The molecule has 36 heavy (non-hydrogen) atoms. The Kier molecular flexibility index (Phi) is 5.80. The molecule has 2 fully saturated rings. The Morgan fingerprint density at radius 2 is 1.78 bits per heavy atom. The van der Waals surface area contributed by atoms with E-state index in [0.29, 0.717) is 30.4 Å². The fraction of sp³-hybridized carbons (Fsp3) is 0.440. The summed E-state index contributed by atoms with van der Waals surface area (Å²) >= 11 is 0. The van der Waals surface area contributed by atoms with Crippen molar-refractivity contribution in [2.24, 2.45) is 0 Å². The third-order valence-electron chi connectivity index (χ3n) is 6.26. The summed E-state index contributed by atoms with van der Waals surface area (Å²) in [6, 6.07) is 7.42. The van der Waals surface area contributed by atoms with Crippen LogP contribution in [0.4, 0.5) is 31.0 Å². The highest BCUT2D eigenvalue weighted by Crippen LogP contribution is 2.36. The van der Waals surface area contributed by atoms with Crippen molar-refractivity contribution in [3.8, 4) is 5.82 Å². The number of nitrogens with one attached hydrogen (secondary N) is 1. The van der Waals surface area contributed by atoms with Gasteiger partial charge in [-0.25, -0.2) is 18.3 Å². The number of hydrogen-bond acceptors (Lipinski definition) is 7. The Labute approximate surface area is 208 Å². The lowest BCUT2D eigenvalue weighted by molar-refractivity contribution is 0.0214. The molecule has 4 heterocycles. The Balaban J connectivity index is 1.45. The van der Waals surface area contributed by atoms with Crippen LogP contribution < -0.4 is 10.2 Å². The van der Waals surface area contributed by atoms with Crippen molar-refractivity contribution in [3.63, 3.8) is 0 Å². The smallest absolute Gasteiger partial charge is 0.410 e. The van der Waals surface area contributed by atoms with E-state index in [0.717, 1.165) is 29.9 Å². The van der Waals surface area contributed by atoms with E-state index in [-0.39, 0.29) is 24.1 Å². The molecule has 2 aliphatic rings. The number of aryl methyl sites for hydroxylation is 2. The molecular weight excluding hydrogens is 468 g/mol. The zero-order valence-electron chi connectivity index (χ0n) is 20.9. The van der Waals surface area contributed by atoms with E-state index < -0.39 is 17.2 Å². The van der Waals surface area contributed by atoms with Gasteiger partial charge >= 0.3 is 6.09 Å². The minimum absolute atomic E-state index is 0.0135. The molecule has 9 nitrogen and oxygen atoms in total. The van der Waals surface area contributed by atoms with E-state index in [1.54, 1.807) is 9.58 Å². The van der Waals surface area contributed by atoms with Gasteiger partial charge in [-0.05, 0) is 59.2 Å². The molecule has 0 radical (unpaired) electrons. The van der Waals surface area contributed by atoms with E-state index in [1.165, 1.54) is 6.07 Å². The molecule has 11 heteroatoms. The second-order valence-electron chi connectivity index (χ2n) is 10.3. The maximum atomic E-state index is 13.8. The van der Waals surface area contributed by atoms with E-state index in [2.05, 4.69) is 25.3 Å². The van der Waals surface area contributed by atoms with E-state index in [9.17, 15) is 13.6 Å². The average molecular weight is 498 g/mol. The van der Waals surface area contributed by atoms with Gasteiger partial charge in [-0.2, -0.15) is 15.1 Å². The highest BCUT2D eigenvalue weighted by atomic mass is 19.2. The van der Waals surface area contributed by atoms with Crippen LogP contribution in [0.5, 0.6) is 0 Å². The maximum Gasteiger partial charge on any atom is 0.410 e. The molecule has 0 spiro atoms. The van der Waals surface area contributed by atoms with Crippen LogP contribution in [0.25, 0.3) is 5.82 Å².